The summed E-state index contributed by atoms with van der Waals surface area (Å²) in [6.45, 7) is 4.07. The summed E-state index contributed by atoms with van der Waals surface area (Å²) in [4.78, 5) is 14.3. The van der Waals surface area contributed by atoms with Crippen LogP contribution in [0.5, 0.6) is 0 Å². The molecule has 3 rings (SSSR count). The number of esters is 1. The Balaban J connectivity index is 2.25. The van der Waals surface area contributed by atoms with Crippen LogP contribution in [0.1, 0.15) is 17.0 Å². The Bertz CT molecular complexity index is 878. The summed E-state index contributed by atoms with van der Waals surface area (Å²) in [6, 6.07) is 29.7. The lowest BCUT2D eigenvalue weighted by molar-refractivity contribution is -0.144. The van der Waals surface area contributed by atoms with Gasteiger partial charge in [-0.05, 0) is 23.3 Å². The summed E-state index contributed by atoms with van der Waals surface area (Å²) in [5, 5.41) is 0. The van der Waals surface area contributed by atoms with Crippen LogP contribution in [0.15, 0.2) is 109 Å². The molecule has 0 saturated heterocycles. The smallest absolute Gasteiger partial charge is 0.327 e. The van der Waals surface area contributed by atoms with E-state index in [0.717, 1.165) is 16.0 Å². The molecule has 0 spiro atoms. The molecule has 2 atom stereocenters. The van der Waals surface area contributed by atoms with Gasteiger partial charge in [-0.15, -0.1) is 18.3 Å². The number of hydrogen-bond acceptors (Lipinski definition) is 3. The average Bonchev–Trinajstić information content (AvgIpc) is 2.75. The zero-order valence-electron chi connectivity index (χ0n) is 15.2. The van der Waals surface area contributed by atoms with E-state index in [-0.39, 0.29) is 11.9 Å². The van der Waals surface area contributed by atoms with Crippen LogP contribution in [0.25, 0.3) is 0 Å². The van der Waals surface area contributed by atoms with Gasteiger partial charge in [0.1, 0.15) is 0 Å². The SMILES string of the molecule is C=CC(c1ccccc1)C(Sc1ccccc1)(C(=O)OC)c1ccccc1. The van der Waals surface area contributed by atoms with E-state index < -0.39 is 4.75 Å². The minimum Gasteiger partial charge on any atom is -0.468 e. The van der Waals surface area contributed by atoms with Crippen LogP contribution in [0.2, 0.25) is 0 Å². The number of carbonyl (C=O) groups excluding carboxylic acids is 1. The zero-order chi connectivity index (χ0) is 19.1. The lowest BCUT2D eigenvalue weighted by Crippen LogP contribution is -2.39. The van der Waals surface area contributed by atoms with Crippen molar-refractivity contribution in [2.45, 2.75) is 15.6 Å². The molecule has 0 radical (unpaired) electrons. The first-order valence-electron chi connectivity index (χ1n) is 8.78. The van der Waals surface area contributed by atoms with E-state index in [1.54, 1.807) is 0 Å². The summed E-state index contributed by atoms with van der Waals surface area (Å²) in [5.74, 6) is -0.560. The lowest BCUT2D eigenvalue weighted by atomic mass is 9.80. The maximum Gasteiger partial charge on any atom is 0.327 e. The first-order valence-corrected chi connectivity index (χ1v) is 9.59. The van der Waals surface area contributed by atoms with Crippen LogP contribution in [-0.4, -0.2) is 13.1 Å². The number of hydrogen-bond donors (Lipinski definition) is 0. The third kappa shape index (κ3) is 3.83. The molecule has 3 heteroatoms. The molecule has 0 aromatic heterocycles. The summed E-state index contributed by atoms with van der Waals surface area (Å²) in [5.41, 5.74) is 1.91. The Kier molecular flexibility index (Phi) is 6.15. The summed E-state index contributed by atoms with van der Waals surface area (Å²) >= 11 is 1.50. The maximum absolute atomic E-state index is 13.3. The van der Waals surface area contributed by atoms with Gasteiger partial charge in [-0.25, -0.2) is 0 Å². The van der Waals surface area contributed by atoms with Crippen molar-refractivity contribution in [3.63, 3.8) is 0 Å². The fraction of sp³-hybridized carbons (Fsp3) is 0.125. The molecule has 3 aromatic carbocycles. The summed E-state index contributed by atoms with van der Waals surface area (Å²) in [6.07, 6.45) is 1.84. The molecule has 136 valence electrons. The van der Waals surface area contributed by atoms with Crippen LogP contribution >= 0.6 is 11.8 Å². The van der Waals surface area contributed by atoms with Crippen LogP contribution < -0.4 is 0 Å². The Hall–Kier alpha value is -2.78. The number of ether oxygens (including phenoxy) is 1. The van der Waals surface area contributed by atoms with Crippen LogP contribution in [-0.2, 0) is 14.3 Å². The molecule has 0 aliphatic heterocycles. The van der Waals surface area contributed by atoms with E-state index in [1.165, 1.54) is 18.9 Å². The van der Waals surface area contributed by atoms with Crippen molar-refractivity contribution in [3.05, 3.63) is 115 Å². The molecule has 0 bridgehead atoms. The minimum atomic E-state index is -0.986. The molecule has 0 aliphatic rings. The monoisotopic (exact) mass is 374 g/mol. The minimum absolute atomic E-state index is 0.265. The molecule has 0 heterocycles. The molecule has 0 saturated carbocycles. The van der Waals surface area contributed by atoms with Gasteiger partial charge in [0, 0.05) is 10.8 Å². The highest BCUT2D eigenvalue weighted by Gasteiger charge is 2.49. The third-order valence-electron chi connectivity index (χ3n) is 4.55. The molecule has 0 N–H and O–H groups in total. The molecular weight excluding hydrogens is 352 g/mol. The van der Waals surface area contributed by atoms with Gasteiger partial charge in [-0.1, -0.05) is 84.9 Å². The quantitative estimate of drug-likeness (QED) is 0.296. The summed E-state index contributed by atoms with van der Waals surface area (Å²) < 4.78 is 4.35. The number of allylic oxidation sites excluding steroid dienone is 1. The second-order valence-electron chi connectivity index (χ2n) is 6.13. The first-order chi connectivity index (χ1) is 13.2. The standard InChI is InChI=1S/C24H22O2S/c1-3-22(19-13-7-4-8-14-19)24(23(25)26-2,20-15-9-5-10-16-20)27-21-17-11-6-12-18-21/h3-18,22H,1H2,2H3. The normalized spacial score (nSPS) is 14.0. The number of methoxy groups -OCH3 is 1. The Morgan fingerprint density at radius 3 is 1.96 bits per heavy atom. The van der Waals surface area contributed by atoms with Gasteiger partial charge < -0.3 is 4.74 Å². The van der Waals surface area contributed by atoms with Gasteiger partial charge >= 0.3 is 5.97 Å². The van der Waals surface area contributed by atoms with E-state index in [9.17, 15) is 4.79 Å². The van der Waals surface area contributed by atoms with Crippen molar-refractivity contribution in [2.24, 2.45) is 0 Å². The fourth-order valence-corrected chi connectivity index (χ4v) is 4.74. The van der Waals surface area contributed by atoms with Gasteiger partial charge in [0.15, 0.2) is 4.75 Å². The molecule has 0 aliphatic carbocycles. The average molecular weight is 375 g/mol. The molecule has 2 nitrogen and oxygen atoms in total. The molecule has 27 heavy (non-hydrogen) atoms. The Morgan fingerprint density at radius 1 is 0.926 bits per heavy atom. The van der Waals surface area contributed by atoms with Crippen LogP contribution in [0.4, 0.5) is 0 Å². The molecule has 2 unspecified atom stereocenters. The fourth-order valence-electron chi connectivity index (χ4n) is 3.30. The van der Waals surface area contributed by atoms with E-state index in [1.807, 2.05) is 97.1 Å². The third-order valence-corrected chi connectivity index (χ3v) is 6.03. The highest BCUT2D eigenvalue weighted by Crippen LogP contribution is 2.52. The molecule has 0 amide bonds. The largest absolute Gasteiger partial charge is 0.468 e. The summed E-state index contributed by atoms with van der Waals surface area (Å²) in [7, 11) is 1.44. The Labute approximate surface area is 164 Å². The lowest BCUT2D eigenvalue weighted by Gasteiger charge is -2.37. The Morgan fingerprint density at radius 2 is 1.44 bits per heavy atom. The van der Waals surface area contributed by atoms with E-state index in [2.05, 4.69) is 6.58 Å². The van der Waals surface area contributed by atoms with Gasteiger partial charge in [0.25, 0.3) is 0 Å². The van der Waals surface area contributed by atoms with Gasteiger partial charge in [0.2, 0.25) is 0 Å². The predicted molar refractivity (Wildman–Crippen MR) is 112 cm³/mol. The molecule has 0 fully saturated rings. The van der Waals surface area contributed by atoms with Crippen molar-refractivity contribution in [3.8, 4) is 0 Å². The van der Waals surface area contributed by atoms with Crippen molar-refractivity contribution in [1.29, 1.82) is 0 Å². The number of carbonyl (C=O) groups is 1. The second kappa shape index (κ2) is 8.74. The van der Waals surface area contributed by atoms with Crippen LogP contribution in [0, 0.1) is 0 Å². The van der Waals surface area contributed by atoms with Gasteiger partial charge in [-0.2, -0.15) is 0 Å². The number of benzene rings is 3. The number of rotatable bonds is 7. The second-order valence-corrected chi connectivity index (χ2v) is 7.45. The van der Waals surface area contributed by atoms with Gasteiger partial charge in [-0.3, -0.25) is 4.79 Å². The molecular formula is C24H22O2S. The van der Waals surface area contributed by atoms with E-state index >= 15 is 0 Å². The first kappa shape index (κ1) is 19.0. The molecule has 3 aromatic rings. The van der Waals surface area contributed by atoms with Crippen molar-refractivity contribution in [1.82, 2.24) is 0 Å². The van der Waals surface area contributed by atoms with Gasteiger partial charge in [0.05, 0.1) is 7.11 Å². The van der Waals surface area contributed by atoms with E-state index in [0.29, 0.717) is 0 Å². The highest BCUT2D eigenvalue weighted by molar-refractivity contribution is 8.01. The zero-order valence-corrected chi connectivity index (χ0v) is 16.1. The van der Waals surface area contributed by atoms with E-state index in [4.69, 9.17) is 4.74 Å². The van der Waals surface area contributed by atoms with Crippen molar-refractivity contribution in [2.75, 3.05) is 7.11 Å². The topological polar surface area (TPSA) is 26.3 Å². The maximum atomic E-state index is 13.3. The predicted octanol–water partition coefficient (Wildman–Crippen LogP) is 5.82. The number of thioether (sulfide) groups is 1. The highest BCUT2D eigenvalue weighted by atomic mass is 32.2. The van der Waals surface area contributed by atoms with Crippen molar-refractivity contribution < 1.29 is 9.53 Å². The van der Waals surface area contributed by atoms with Crippen molar-refractivity contribution >= 4 is 17.7 Å². The van der Waals surface area contributed by atoms with Crippen LogP contribution in [0.3, 0.4) is 0 Å².